The van der Waals surface area contributed by atoms with Gasteiger partial charge in [0.15, 0.2) is 17.2 Å². The predicted octanol–water partition coefficient (Wildman–Crippen LogP) is 2.80. The van der Waals surface area contributed by atoms with Crippen LogP contribution >= 0.6 is 0 Å². The molecule has 0 radical (unpaired) electrons. The minimum atomic E-state index is -1.42. The number of amides is 1. The van der Waals surface area contributed by atoms with Gasteiger partial charge in [0, 0.05) is 24.1 Å². The number of ether oxygens (including phenoxy) is 2. The Labute approximate surface area is 151 Å². The smallest absolute Gasteiger partial charge is 0.245 e. The van der Waals surface area contributed by atoms with E-state index >= 15 is 0 Å². The van der Waals surface area contributed by atoms with Crippen LogP contribution in [0.2, 0.25) is 0 Å². The average molecular weight is 352 g/mol. The van der Waals surface area contributed by atoms with Crippen molar-refractivity contribution < 1.29 is 19.4 Å². The number of aryl methyl sites for hydroxylation is 1. The summed E-state index contributed by atoms with van der Waals surface area (Å²) in [5.41, 5.74) is 0.952. The van der Waals surface area contributed by atoms with Crippen LogP contribution in [0.5, 0.6) is 11.5 Å². The summed E-state index contributed by atoms with van der Waals surface area (Å²) in [6.45, 7) is 2.04. The third-order valence-electron chi connectivity index (χ3n) is 4.66. The van der Waals surface area contributed by atoms with E-state index in [1.807, 2.05) is 55.5 Å². The van der Waals surface area contributed by atoms with Gasteiger partial charge in [-0.2, -0.15) is 10.1 Å². The van der Waals surface area contributed by atoms with Crippen LogP contribution in [0.3, 0.4) is 0 Å². The molecule has 0 aliphatic carbocycles. The van der Waals surface area contributed by atoms with Crippen LogP contribution < -0.4 is 9.47 Å². The number of fused-ring (bicyclic) bond motifs is 1. The highest BCUT2D eigenvalue weighted by molar-refractivity contribution is 5.89. The van der Waals surface area contributed by atoms with Crippen LogP contribution in [0.1, 0.15) is 30.9 Å². The van der Waals surface area contributed by atoms with Crippen molar-refractivity contribution >= 4 is 11.6 Å². The maximum Gasteiger partial charge on any atom is 0.245 e. The minimum Gasteiger partial charge on any atom is -0.454 e. The van der Waals surface area contributed by atoms with E-state index in [0.29, 0.717) is 24.2 Å². The Hall–Kier alpha value is -2.86. The van der Waals surface area contributed by atoms with Crippen LogP contribution in [0.25, 0.3) is 0 Å². The summed E-state index contributed by atoms with van der Waals surface area (Å²) in [6, 6.07) is 14.8. The lowest BCUT2D eigenvalue weighted by Crippen LogP contribution is -2.43. The van der Waals surface area contributed by atoms with E-state index in [4.69, 9.17) is 9.47 Å². The van der Waals surface area contributed by atoms with E-state index in [1.54, 1.807) is 0 Å². The van der Waals surface area contributed by atoms with Gasteiger partial charge in [-0.3, -0.25) is 4.79 Å². The molecule has 2 aliphatic rings. The second kappa shape index (κ2) is 6.46. The Balaban J connectivity index is 1.49. The molecule has 1 atom stereocenters. The lowest BCUT2D eigenvalue weighted by molar-refractivity contribution is -0.157. The number of carbonyl (C=O) groups excluding carboxylic acids is 1. The fourth-order valence-corrected chi connectivity index (χ4v) is 3.37. The van der Waals surface area contributed by atoms with Gasteiger partial charge >= 0.3 is 0 Å². The van der Waals surface area contributed by atoms with Gasteiger partial charge in [0.05, 0.1) is 0 Å². The molecule has 6 nitrogen and oxygen atoms in total. The molecule has 0 fully saturated rings. The highest BCUT2D eigenvalue weighted by atomic mass is 16.7. The Morgan fingerprint density at radius 3 is 2.77 bits per heavy atom. The zero-order chi connectivity index (χ0) is 18.1. The molecule has 1 N–H and O–H groups in total. The number of hydrogen-bond donors (Lipinski definition) is 1. The molecule has 0 spiro atoms. The van der Waals surface area contributed by atoms with Crippen LogP contribution in [-0.4, -0.2) is 28.5 Å². The quantitative estimate of drug-likeness (QED) is 0.918. The van der Waals surface area contributed by atoms with E-state index in [-0.39, 0.29) is 19.1 Å². The summed E-state index contributed by atoms with van der Waals surface area (Å²) in [7, 11) is 0. The number of nitrogens with zero attached hydrogens (tertiary/aromatic N) is 2. The number of hydrogen-bond acceptors (Lipinski definition) is 5. The molecule has 2 aromatic rings. The van der Waals surface area contributed by atoms with Crippen molar-refractivity contribution in [2.45, 2.75) is 31.9 Å². The molecule has 2 aromatic carbocycles. The van der Waals surface area contributed by atoms with Crippen molar-refractivity contribution in [3.05, 3.63) is 59.7 Å². The summed E-state index contributed by atoms with van der Waals surface area (Å²) in [5, 5.41) is 16.7. The number of rotatable bonds is 4. The fourth-order valence-electron chi connectivity index (χ4n) is 3.37. The third-order valence-corrected chi connectivity index (χ3v) is 4.66. The SMILES string of the molecule is CC1=NN(C(=O)CCc2ccc3c(c2)OCO3)C(O)(c2ccccc2)C1. The monoisotopic (exact) mass is 352 g/mol. The van der Waals surface area contributed by atoms with Gasteiger partial charge in [-0.25, -0.2) is 0 Å². The molecule has 2 aliphatic heterocycles. The normalized spacial score (nSPS) is 21.0. The maximum absolute atomic E-state index is 12.8. The van der Waals surface area contributed by atoms with E-state index in [2.05, 4.69) is 5.10 Å². The van der Waals surface area contributed by atoms with Crippen LogP contribution in [0, 0.1) is 0 Å². The van der Waals surface area contributed by atoms with E-state index < -0.39 is 5.72 Å². The largest absolute Gasteiger partial charge is 0.454 e. The number of benzene rings is 2. The first-order valence-corrected chi connectivity index (χ1v) is 8.60. The number of aliphatic hydroxyl groups is 1. The van der Waals surface area contributed by atoms with Crippen LogP contribution in [0.15, 0.2) is 53.6 Å². The maximum atomic E-state index is 12.8. The molecular formula is C20H20N2O4. The summed E-state index contributed by atoms with van der Waals surface area (Å²) in [6.07, 6.45) is 1.09. The summed E-state index contributed by atoms with van der Waals surface area (Å²) in [4.78, 5) is 12.8. The Kier molecular flexibility index (Phi) is 4.12. The first-order valence-electron chi connectivity index (χ1n) is 8.60. The Morgan fingerprint density at radius 1 is 1.19 bits per heavy atom. The van der Waals surface area contributed by atoms with Crippen molar-refractivity contribution in [1.82, 2.24) is 5.01 Å². The summed E-state index contributed by atoms with van der Waals surface area (Å²) >= 11 is 0. The third kappa shape index (κ3) is 2.93. The predicted molar refractivity (Wildman–Crippen MR) is 95.8 cm³/mol. The van der Waals surface area contributed by atoms with Crippen molar-refractivity contribution in [2.75, 3.05) is 6.79 Å². The van der Waals surface area contributed by atoms with Crippen molar-refractivity contribution in [3.8, 4) is 11.5 Å². The standard InChI is InChI=1S/C20H20N2O4/c1-14-12-20(24,16-5-3-2-4-6-16)22(21-14)19(23)10-8-15-7-9-17-18(11-15)26-13-25-17/h2-7,9,11,24H,8,10,12-13H2,1H3. The molecule has 0 saturated heterocycles. The zero-order valence-corrected chi connectivity index (χ0v) is 14.5. The van der Waals surface area contributed by atoms with Gasteiger partial charge < -0.3 is 14.6 Å². The zero-order valence-electron chi connectivity index (χ0n) is 14.5. The van der Waals surface area contributed by atoms with E-state index in [1.165, 1.54) is 5.01 Å². The van der Waals surface area contributed by atoms with Gasteiger partial charge in [0.2, 0.25) is 12.7 Å². The molecule has 2 heterocycles. The molecule has 1 amide bonds. The Bertz CT molecular complexity index is 865. The highest BCUT2D eigenvalue weighted by Gasteiger charge is 2.44. The first-order chi connectivity index (χ1) is 12.6. The topological polar surface area (TPSA) is 71.4 Å². The second-order valence-electron chi connectivity index (χ2n) is 6.59. The number of carbonyl (C=O) groups is 1. The minimum absolute atomic E-state index is 0.217. The van der Waals surface area contributed by atoms with Gasteiger partial charge in [0.25, 0.3) is 0 Å². The lowest BCUT2D eigenvalue weighted by atomic mass is 9.97. The first kappa shape index (κ1) is 16.6. The average Bonchev–Trinajstić information content (AvgIpc) is 3.24. The fraction of sp³-hybridized carbons (Fsp3) is 0.300. The molecular weight excluding hydrogens is 332 g/mol. The van der Waals surface area contributed by atoms with Gasteiger partial charge in [-0.15, -0.1) is 0 Å². The van der Waals surface area contributed by atoms with Gasteiger partial charge in [-0.05, 0) is 31.0 Å². The molecule has 0 saturated carbocycles. The van der Waals surface area contributed by atoms with Gasteiger partial charge in [0.1, 0.15) is 0 Å². The van der Waals surface area contributed by atoms with Crippen molar-refractivity contribution in [2.24, 2.45) is 5.10 Å². The van der Waals surface area contributed by atoms with Crippen molar-refractivity contribution in [3.63, 3.8) is 0 Å². The summed E-state index contributed by atoms with van der Waals surface area (Å²) in [5.74, 6) is 1.20. The van der Waals surface area contributed by atoms with Crippen LogP contribution in [-0.2, 0) is 16.9 Å². The lowest BCUT2D eigenvalue weighted by Gasteiger charge is -2.31. The molecule has 0 aromatic heterocycles. The van der Waals surface area contributed by atoms with Crippen LogP contribution in [0.4, 0.5) is 0 Å². The molecule has 4 rings (SSSR count). The van der Waals surface area contributed by atoms with E-state index in [0.717, 1.165) is 17.0 Å². The Morgan fingerprint density at radius 2 is 1.96 bits per heavy atom. The molecule has 26 heavy (non-hydrogen) atoms. The molecule has 6 heteroatoms. The van der Waals surface area contributed by atoms with Crippen molar-refractivity contribution in [1.29, 1.82) is 0 Å². The van der Waals surface area contributed by atoms with Gasteiger partial charge in [-0.1, -0.05) is 36.4 Å². The second-order valence-corrected chi connectivity index (χ2v) is 6.59. The number of hydrazone groups is 1. The summed E-state index contributed by atoms with van der Waals surface area (Å²) < 4.78 is 10.7. The van der Waals surface area contributed by atoms with E-state index in [9.17, 15) is 9.90 Å². The highest BCUT2D eigenvalue weighted by Crippen LogP contribution is 2.36. The molecule has 134 valence electrons. The molecule has 1 unspecified atom stereocenters. The molecule has 0 bridgehead atoms.